The summed E-state index contributed by atoms with van der Waals surface area (Å²) in [7, 11) is 0. The van der Waals surface area contributed by atoms with Gasteiger partial charge in [0.1, 0.15) is 12.4 Å². The van der Waals surface area contributed by atoms with Crippen LogP contribution in [0.1, 0.15) is 16.7 Å². The van der Waals surface area contributed by atoms with Crippen LogP contribution in [0.5, 0.6) is 5.75 Å². The molecular weight excluding hydrogens is 380 g/mol. The fourth-order valence-corrected chi connectivity index (χ4v) is 3.41. The number of aliphatic carboxylic acids is 1. The van der Waals surface area contributed by atoms with Crippen molar-refractivity contribution >= 4 is 35.0 Å². The maximum absolute atomic E-state index is 12.7. The lowest BCUT2D eigenvalue weighted by Crippen LogP contribution is -2.29. The molecule has 0 unspecified atom stereocenters. The largest absolute Gasteiger partial charge is 0.546 e. The fraction of sp³-hybridized carbons (Fsp3) is 0.100. The van der Waals surface area contributed by atoms with E-state index in [1.807, 2.05) is 6.07 Å². The van der Waals surface area contributed by atoms with Crippen molar-refractivity contribution in [3.05, 3.63) is 70.1 Å². The highest BCUT2D eigenvalue weighted by Crippen LogP contribution is 2.35. The number of imide groups is 1. The monoisotopic (exact) mass is 393 g/mol. The number of thioether (sulfide) groups is 1. The Morgan fingerprint density at radius 3 is 2.64 bits per heavy atom. The third kappa shape index (κ3) is 4.22. The van der Waals surface area contributed by atoms with Gasteiger partial charge < -0.3 is 14.6 Å². The third-order valence-electron chi connectivity index (χ3n) is 3.89. The van der Waals surface area contributed by atoms with Crippen molar-refractivity contribution in [3.8, 4) is 11.8 Å². The lowest BCUT2D eigenvalue weighted by molar-refractivity contribution is -0.307. The van der Waals surface area contributed by atoms with Crippen molar-refractivity contribution in [2.45, 2.75) is 6.54 Å². The standard InChI is InChI=1S/C20H14N2O5S/c21-10-14-6-1-2-7-15(14)11-22-19(25)17(28-20(22)26)9-13-5-3-4-8-16(13)27-12-18(23)24/h1-9H,11-12H2,(H,23,24)/p-1/b17-9+. The average molecular weight is 393 g/mol. The summed E-state index contributed by atoms with van der Waals surface area (Å²) in [6.07, 6.45) is 1.48. The minimum absolute atomic E-state index is 0.00539. The Kier molecular flexibility index (Phi) is 5.77. The maximum Gasteiger partial charge on any atom is 0.293 e. The first-order valence-electron chi connectivity index (χ1n) is 8.14. The Morgan fingerprint density at radius 1 is 1.18 bits per heavy atom. The fourth-order valence-electron chi connectivity index (χ4n) is 2.58. The van der Waals surface area contributed by atoms with Gasteiger partial charge in [-0.05, 0) is 35.5 Å². The quantitative estimate of drug-likeness (QED) is 0.690. The molecule has 0 bridgehead atoms. The summed E-state index contributed by atoms with van der Waals surface area (Å²) in [5.41, 5.74) is 1.43. The molecule has 1 aliphatic heterocycles. The van der Waals surface area contributed by atoms with Gasteiger partial charge in [0, 0.05) is 5.56 Å². The van der Waals surface area contributed by atoms with Crippen LogP contribution in [0.3, 0.4) is 0 Å². The second-order valence-corrected chi connectivity index (χ2v) is 6.73. The molecule has 0 saturated carbocycles. The average Bonchev–Trinajstić information content (AvgIpc) is 2.95. The molecule has 0 atom stereocenters. The molecule has 0 aliphatic carbocycles. The number of nitriles is 1. The number of amides is 2. The first kappa shape index (κ1) is 19.2. The first-order valence-corrected chi connectivity index (χ1v) is 8.96. The van der Waals surface area contributed by atoms with Crippen LogP contribution in [0.2, 0.25) is 0 Å². The van der Waals surface area contributed by atoms with Crippen LogP contribution < -0.4 is 9.84 Å². The van der Waals surface area contributed by atoms with Gasteiger partial charge in [-0.25, -0.2) is 0 Å². The van der Waals surface area contributed by atoms with Gasteiger partial charge in [0.05, 0.1) is 29.1 Å². The van der Waals surface area contributed by atoms with Crippen molar-refractivity contribution in [3.63, 3.8) is 0 Å². The maximum atomic E-state index is 12.7. The molecule has 28 heavy (non-hydrogen) atoms. The molecular formula is C20H13N2O5S-. The second kappa shape index (κ2) is 8.41. The normalized spacial score (nSPS) is 15.0. The van der Waals surface area contributed by atoms with Crippen LogP contribution in [0.15, 0.2) is 53.4 Å². The summed E-state index contributed by atoms with van der Waals surface area (Å²) >= 11 is 0.774. The number of ether oxygens (including phenoxy) is 1. The summed E-state index contributed by atoms with van der Waals surface area (Å²) in [6.45, 7) is -0.633. The summed E-state index contributed by atoms with van der Waals surface area (Å²) in [5, 5.41) is 19.3. The van der Waals surface area contributed by atoms with Crippen molar-refractivity contribution in [1.82, 2.24) is 4.90 Å². The van der Waals surface area contributed by atoms with Gasteiger partial charge in [-0.3, -0.25) is 14.5 Å². The first-order chi connectivity index (χ1) is 13.5. The Bertz CT molecular complexity index is 1030. The van der Waals surface area contributed by atoms with E-state index in [4.69, 9.17) is 4.74 Å². The number of hydrogen-bond donors (Lipinski definition) is 0. The molecule has 7 nitrogen and oxygen atoms in total. The van der Waals surface area contributed by atoms with Gasteiger partial charge in [-0.1, -0.05) is 36.4 Å². The molecule has 1 saturated heterocycles. The predicted octanol–water partition coefficient (Wildman–Crippen LogP) is 1.92. The Hall–Kier alpha value is -3.57. The van der Waals surface area contributed by atoms with E-state index in [-0.39, 0.29) is 17.2 Å². The van der Waals surface area contributed by atoms with Crippen molar-refractivity contribution in [2.75, 3.05) is 6.61 Å². The number of para-hydroxylation sites is 1. The molecule has 0 spiro atoms. The van der Waals surface area contributed by atoms with E-state index < -0.39 is 23.7 Å². The third-order valence-corrected chi connectivity index (χ3v) is 4.80. The van der Waals surface area contributed by atoms with Crippen LogP contribution in [0.25, 0.3) is 6.08 Å². The van der Waals surface area contributed by atoms with Crippen LogP contribution >= 0.6 is 11.8 Å². The van der Waals surface area contributed by atoms with Gasteiger partial charge in [-0.2, -0.15) is 5.26 Å². The lowest BCUT2D eigenvalue weighted by atomic mass is 10.1. The predicted molar refractivity (Wildman–Crippen MR) is 99.6 cm³/mol. The highest BCUT2D eigenvalue weighted by atomic mass is 32.2. The van der Waals surface area contributed by atoms with Gasteiger partial charge in [0.2, 0.25) is 0 Å². The summed E-state index contributed by atoms with van der Waals surface area (Å²) < 4.78 is 5.16. The van der Waals surface area contributed by atoms with Crippen molar-refractivity contribution < 1.29 is 24.2 Å². The van der Waals surface area contributed by atoms with Gasteiger partial charge >= 0.3 is 0 Å². The van der Waals surface area contributed by atoms with E-state index in [1.54, 1.807) is 48.5 Å². The second-order valence-electron chi connectivity index (χ2n) is 5.74. The molecule has 2 amide bonds. The van der Waals surface area contributed by atoms with Crippen LogP contribution in [-0.2, 0) is 16.1 Å². The molecule has 3 rings (SSSR count). The van der Waals surface area contributed by atoms with Crippen LogP contribution in [-0.4, -0.2) is 28.6 Å². The zero-order valence-corrected chi connectivity index (χ0v) is 15.3. The molecule has 2 aromatic carbocycles. The number of benzene rings is 2. The Morgan fingerprint density at radius 2 is 1.89 bits per heavy atom. The van der Waals surface area contributed by atoms with E-state index in [0.29, 0.717) is 16.7 Å². The number of carbonyl (C=O) groups excluding carboxylic acids is 3. The van der Waals surface area contributed by atoms with Gasteiger partial charge in [0.15, 0.2) is 0 Å². The van der Waals surface area contributed by atoms with Gasteiger partial charge in [-0.15, -0.1) is 0 Å². The molecule has 1 fully saturated rings. The molecule has 2 aromatic rings. The summed E-state index contributed by atoms with van der Waals surface area (Å²) in [4.78, 5) is 36.9. The number of carboxylic acid groups (broad SMARTS) is 1. The van der Waals surface area contributed by atoms with E-state index in [0.717, 1.165) is 16.7 Å². The smallest absolute Gasteiger partial charge is 0.293 e. The van der Waals surface area contributed by atoms with Crippen LogP contribution in [0.4, 0.5) is 4.79 Å². The minimum atomic E-state index is -1.37. The highest BCUT2D eigenvalue weighted by molar-refractivity contribution is 8.18. The minimum Gasteiger partial charge on any atom is -0.546 e. The molecule has 0 radical (unpaired) electrons. The molecule has 1 aliphatic rings. The van der Waals surface area contributed by atoms with E-state index in [9.17, 15) is 24.8 Å². The van der Waals surface area contributed by atoms with Crippen molar-refractivity contribution in [1.29, 1.82) is 5.26 Å². The topological polar surface area (TPSA) is 111 Å². The highest BCUT2D eigenvalue weighted by Gasteiger charge is 2.35. The Labute approximate surface area is 164 Å². The number of hydrogen-bond acceptors (Lipinski definition) is 7. The van der Waals surface area contributed by atoms with E-state index in [1.165, 1.54) is 6.08 Å². The number of carbonyl (C=O) groups is 3. The summed E-state index contributed by atoms with van der Waals surface area (Å²) in [5.74, 6) is -1.60. The van der Waals surface area contributed by atoms with E-state index >= 15 is 0 Å². The molecule has 8 heteroatoms. The molecule has 0 N–H and O–H groups in total. The SMILES string of the molecule is N#Cc1ccccc1CN1C(=O)S/C(=C/c2ccccc2OCC(=O)[O-])C1=O. The zero-order chi connectivity index (χ0) is 20.1. The lowest BCUT2D eigenvalue weighted by Gasteiger charge is -2.13. The van der Waals surface area contributed by atoms with Crippen molar-refractivity contribution in [2.24, 2.45) is 0 Å². The molecule has 0 aromatic heterocycles. The number of carboxylic acids is 1. The van der Waals surface area contributed by atoms with Gasteiger partial charge in [0.25, 0.3) is 11.1 Å². The summed E-state index contributed by atoms with van der Waals surface area (Å²) in [6, 6.07) is 15.3. The van der Waals surface area contributed by atoms with Crippen LogP contribution in [0, 0.1) is 11.3 Å². The number of nitrogens with zero attached hydrogens (tertiary/aromatic N) is 2. The van der Waals surface area contributed by atoms with E-state index in [2.05, 4.69) is 0 Å². The Balaban J connectivity index is 1.84. The molecule has 140 valence electrons. The molecule has 1 heterocycles. The zero-order valence-electron chi connectivity index (χ0n) is 14.5. The number of rotatable bonds is 6.